The van der Waals surface area contributed by atoms with Gasteiger partial charge in [-0.2, -0.15) is 11.8 Å². The van der Waals surface area contributed by atoms with Crippen molar-refractivity contribution in [3.63, 3.8) is 0 Å². The molecule has 0 aromatic carbocycles. The smallest absolute Gasteiger partial charge is 0.185 e. The molecule has 1 fully saturated rings. The van der Waals surface area contributed by atoms with E-state index in [1.54, 1.807) is 0 Å². The lowest BCUT2D eigenvalue weighted by Gasteiger charge is -2.30. The fraction of sp³-hybridized carbons (Fsp3) is 0.786. The SMILES string of the molecule is CCNCc1sc(N2CCSC(C)C2)nc1C(C)C. The molecule has 1 unspecified atom stereocenters. The van der Waals surface area contributed by atoms with Crippen molar-refractivity contribution in [2.24, 2.45) is 0 Å². The molecule has 0 radical (unpaired) electrons. The summed E-state index contributed by atoms with van der Waals surface area (Å²) in [6.45, 7) is 13.2. The molecule has 1 aliphatic heterocycles. The maximum Gasteiger partial charge on any atom is 0.185 e. The third-order valence-electron chi connectivity index (χ3n) is 3.31. The summed E-state index contributed by atoms with van der Waals surface area (Å²) in [6.07, 6.45) is 0. The molecule has 1 saturated heterocycles. The molecule has 1 aromatic rings. The number of hydrogen-bond acceptors (Lipinski definition) is 5. The van der Waals surface area contributed by atoms with Gasteiger partial charge in [-0.05, 0) is 12.5 Å². The second-order valence-corrected chi connectivity index (χ2v) is 7.98. The first-order valence-corrected chi connectivity index (χ1v) is 9.05. The van der Waals surface area contributed by atoms with Crippen LogP contribution in [-0.4, -0.2) is 35.6 Å². The fourth-order valence-electron chi connectivity index (χ4n) is 2.29. The van der Waals surface area contributed by atoms with Gasteiger partial charge in [-0.1, -0.05) is 27.7 Å². The number of rotatable bonds is 5. The Kier molecular flexibility index (Phi) is 5.54. The van der Waals surface area contributed by atoms with Gasteiger partial charge in [0.2, 0.25) is 0 Å². The van der Waals surface area contributed by atoms with Gasteiger partial charge in [0.05, 0.1) is 5.69 Å². The molecule has 2 heterocycles. The maximum atomic E-state index is 4.92. The highest BCUT2D eigenvalue weighted by Crippen LogP contribution is 2.33. The molecule has 1 N–H and O–H groups in total. The summed E-state index contributed by atoms with van der Waals surface area (Å²) in [6, 6.07) is 0. The topological polar surface area (TPSA) is 28.2 Å². The third-order valence-corrected chi connectivity index (χ3v) is 5.58. The number of thioether (sulfide) groups is 1. The molecule has 108 valence electrons. The van der Waals surface area contributed by atoms with Crippen molar-refractivity contribution in [1.29, 1.82) is 0 Å². The van der Waals surface area contributed by atoms with Gasteiger partial charge in [0.25, 0.3) is 0 Å². The van der Waals surface area contributed by atoms with E-state index in [-0.39, 0.29) is 0 Å². The van der Waals surface area contributed by atoms with Gasteiger partial charge < -0.3 is 10.2 Å². The molecule has 0 amide bonds. The van der Waals surface area contributed by atoms with Crippen LogP contribution in [0.4, 0.5) is 5.13 Å². The van der Waals surface area contributed by atoms with Crippen LogP contribution in [0.3, 0.4) is 0 Å². The second-order valence-electron chi connectivity index (χ2n) is 5.37. The number of thiazole rings is 1. The standard InChI is InChI=1S/C14H25N3S2/c1-5-15-8-12-13(10(2)3)16-14(19-12)17-6-7-18-11(4)9-17/h10-11,15H,5-9H2,1-4H3. The quantitative estimate of drug-likeness (QED) is 0.903. The molecule has 0 spiro atoms. The van der Waals surface area contributed by atoms with Crippen molar-refractivity contribution in [1.82, 2.24) is 10.3 Å². The van der Waals surface area contributed by atoms with Crippen LogP contribution in [0.5, 0.6) is 0 Å². The van der Waals surface area contributed by atoms with E-state index in [1.165, 1.54) is 21.5 Å². The van der Waals surface area contributed by atoms with Crippen LogP contribution < -0.4 is 10.2 Å². The first kappa shape index (κ1) is 15.1. The van der Waals surface area contributed by atoms with Crippen LogP contribution in [0.1, 0.15) is 44.2 Å². The Morgan fingerprint density at radius 3 is 2.89 bits per heavy atom. The Morgan fingerprint density at radius 2 is 2.26 bits per heavy atom. The first-order chi connectivity index (χ1) is 9.11. The van der Waals surface area contributed by atoms with Crippen LogP contribution in [0.2, 0.25) is 0 Å². The predicted molar refractivity (Wildman–Crippen MR) is 87.7 cm³/mol. The van der Waals surface area contributed by atoms with Crippen LogP contribution in [-0.2, 0) is 6.54 Å². The average Bonchev–Trinajstić information content (AvgIpc) is 2.80. The molecular weight excluding hydrogens is 274 g/mol. The summed E-state index contributed by atoms with van der Waals surface area (Å²) in [5.41, 5.74) is 1.28. The molecule has 1 aromatic heterocycles. The number of nitrogens with zero attached hydrogens (tertiary/aromatic N) is 2. The summed E-state index contributed by atoms with van der Waals surface area (Å²) in [7, 11) is 0. The first-order valence-electron chi connectivity index (χ1n) is 7.18. The Morgan fingerprint density at radius 1 is 1.47 bits per heavy atom. The van der Waals surface area contributed by atoms with Crippen molar-refractivity contribution in [2.45, 2.75) is 45.4 Å². The Labute approximate surface area is 125 Å². The van der Waals surface area contributed by atoms with Crippen molar-refractivity contribution < 1.29 is 0 Å². The Balaban J connectivity index is 2.16. The lowest BCUT2D eigenvalue weighted by Crippen LogP contribution is -2.36. The summed E-state index contributed by atoms with van der Waals surface area (Å²) in [5, 5.41) is 5.38. The van der Waals surface area contributed by atoms with Crippen molar-refractivity contribution in [3.05, 3.63) is 10.6 Å². The van der Waals surface area contributed by atoms with Crippen LogP contribution >= 0.6 is 23.1 Å². The van der Waals surface area contributed by atoms with E-state index < -0.39 is 0 Å². The summed E-state index contributed by atoms with van der Waals surface area (Å²) in [4.78, 5) is 8.80. The lowest BCUT2D eigenvalue weighted by molar-refractivity contribution is 0.712. The number of aromatic nitrogens is 1. The maximum absolute atomic E-state index is 4.92. The average molecular weight is 300 g/mol. The van der Waals surface area contributed by atoms with E-state index in [2.05, 4.69) is 49.7 Å². The fourth-order valence-corrected chi connectivity index (χ4v) is 4.53. The van der Waals surface area contributed by atoms with E-state index in [1.807, 2.05) is 11.3 Å². The van der Waals surface area contributed by atoms with Crippen LogP contribution in [0.15, 0.2) is 0 Å². The molecule has 0 bridgehead atoms. The van der Waals surface area contributed by atoms with E-state index in [0.29, 0.717) is 5.92 Å². The van der Waals surface area contributed by atoms with Crippen LogP contribution in [0.25, 0.3) is 0 Å². The van der Waals surface area contributed by atoms with Gasteiger partial charge >= 0.3 is 0 Å². The largest absolute Gasteiger partial charge is 0.346 e. The molecular formula is C14H25N3S2. The molecule has 0 aliphatic carbocycles. The normalized spacial score (nSPS) is 20.3. The molecule has 1 atom stereocenters. The molecule has 19 heavy (non-hydrogen) atoms. The van der Waals surface area contributed by atoms with E-state index in [0.717, 1.165) is 31.4 Å². The van der Waals surface area contributed by atoms with E-state index >= 15 is 0 Å². The van der Waals surface area contributed by atoms with Gasteiger partial charge in [0.1, 0.15) is 0 Å². The number of anilines is 1. The minimum absolute atomic E-state index is 0.509. The molecule has 5 heteroatoms. The van der Waals surface area contributed by atoms with Crippen molar-refractivity contribution >= 4 is 28.2 Å². The number of nitrogens with one attached hydrogen (secondary N) is 1. The zero-order valence-corrected chi connectivity index (χ0v) is 14.0. The van der Waals surface area contributed by atoms with Gasteiger partial charge in [0, 0.05) is 35.5 Å². The number of hydrogen-bond donors (Lipinski definition) is 1. The zero-order chi connectivity index (χ0) is 13.8. The monoisotopic (exact) mass is 299 g/mol. The Hall–Kier alpha value is -0.260. The predicted octanol–water partition coefficient (Wildman–Crippen LogP) is 3.32. The minimum Gasteiger partial charge on any atom is -0.346 e. The highest BCUT2D eigenvalue weighted by atomic mass is 32.2. The molecule has 2 rings (SSSR count). The summed E-state index contributed by atoms with van der Waals surface area (Å²) >= 11 is 3.95. The summed E-state index contributed by atoms with van der Waals surface area (Å²) < 4.78 is 0. The second kappa shape index (κ2) is 6.95. The summed E-state index contributed by atoms with van der Waals surface area (Å²) in [5.74, 6) is 1.73. The van der Waals surface area contributed by atoms with Gasteiger partial charge in [-0.25, -0.2) is 4.98 Å². The van der Waals surface area contributed by atoms with Gasteiger partial charge in [-0.15, -0.1) is 11.3 Å². The van der Waals surface area contributed by atoms with Gasteiger partial charge in [0.15, 0.2) is 5.13 Å². The molecule has 3 nitrogen and oxygen atoms in total. The van der Waals surface area contributed by atoms with Crippen molar-refractivity contribution in [3.8, 4) is 0 Å². The third kappa shape index (κ3) is 3.86. The highest BCUT2D eigenvalue weighted by molar-refractivity contribution is 8.00. The minimum atomic E-state index is 0.509. The van der Waals surface area contributed by atoms with E-state index in [4.69, 9.17) is 4.98 Å². The van der Waals surface area contributed by atoms with E-state index in [9.17, 15) is 0 Å². The molecule has 0 saturated carbocycles. The molecule has 1 aliphatic rings. The Bertz CT molecular complexity index is 403. The lowest BCUT2D eigenvalue weighted by atomic mass is 10.1. The van der Waals surface area contributed by atoms with Crippen LogP contribution in [0, 0.1) is 0 Å². The zero-order valence-electron chi connectivity index (χ0n) is 12.4. The highest BCUT2D eigenvalue weighted by Gasteiger charge is 2.22. The van der Waals surface area contributed by atoms with Gasteiger partial charge in [-0.3, -0.25) is 0 Å². The van der Waals surface area contributed by atoms with Crippen molar-refractivity contribution in [2.75, 3.05) is 30.3 Å².